The third-order valence-corrected chi connectivity index (χ3v) is 2.19. The Bertz CT molecular complexity index is 534. The lowest BCUT2D eigenvalue weighted by molar-refractivity contribution is -0.141. The van der Waals surface area contributed by atoms with Crippen molar-refractivity contribution in [2.75, 3.05) is 0 Å². The molecule has 16 heavy (non-hydrogen) atoms. The predicted octanol–water partition coefficient (Wildman–Crippen LogP) is 2.36. The zero-order valence-corrected chi connectivity index (χ0v) is 8.84. The van der Waals surface area contributed by atoms with Crippen LogP contribution in [0.1, 0.15) is 18.4 Å². The van der Waals surface area contributed by atoms with Gasteiger partial charge in [-0.2, -0.15) is 22.7 Å². The number of halogens is 4. The van der Waals surface area contributed by atoms with Gasteiger partial charge in [0.1, 0.15) is 5.15 Å². The molecule has 2 aromatic rings. The minimum Gasteiger partial charge on any atom is -0.206 e. The molecule has 2 rings (SSSR count). The predicted molar refractivity (Wildman–Crippen MR) is 50.2 cm³/mol. The minimum atomic E-state index is -4.54. The second kappa shape index (κ2) is 3.58. The van der Waals surface area contributed by atoms with E-state index in [0.29, 0.717) is 12.2 Å². The fraction of sp³-hybridized carbons (Fsp3) is 0.375. The van der Waals surface area contributed by atoms with Crippen molar-refractivity contribution in [3.8, 4) is 0 Å². The fourth-order valence-electron chi connectivity index (χ4n) is 1.17. The molecule has 0 atom stereocenters. The van der Waals surface area contributed by atoms with E-state index in [4.69, 9.17) is 11.6 Å². The lowest BCUT2D eigenvalue weighted by Gasteiger charge is -2.05. The summed E-state index contributed by atoms with van der Waals surface area (Å²) < 4.78 is 38.3. The van der Waals surface area contributed by atoms with Crippen LogP contribution in [0.4, 0.5) is 13.2 Å². The Hall–Kier alpha value is -1.37. The van der Waals surface area contributed by atoms with Crippen molar-refractivity contribution in [3.05, 3.63) is 22.7 Å². The van der Waals surface area contributed by atoms with Gasteiger partial charge in [0, 0.05) is 12.5 Å². The molecule has 0 aliphatic rings. The van der Waals surface area contributed by atoms with Crippen LogP contribution in [0.15, 0.2) is 6.07 Å². The van der Waals surface area contributed by atoms with Crippen LogP contribution in [0.2, 0.25) is 5.15 Å². The molecule has 0 saturated carbocycles. The van der Waals surface area contributed by atoms with E-state index in [1.54, 1.807) is 6.92 Å². The smallest absolute Gasteiger partial charge is 0.206 e. The summed E-state index contributed by atoms with van der Waals surface area (Å²) in [6.45, 7) is 1.79. The van der Waals surface area contributed by atoms with E-state index in [1.807, 2.05) is 0 Å². The van der Waals surface area contributed by atoms with Gasteiger partial charge in [0.25, 0.3) is 5.78 Å². The number of alkyl halides is 3. The number of aryl methyl sites for hydroxylation is 1. The first-order chi connectivity index (χ1) is 7.41. The second-order valence-corrected chi connectivity index (χ2v) is 3.44. The molecule has 4 nitrogen and oxygen atoms in total. The Kier molecular flexibility index (Phi) is 2.49. The molecule has 2 heterocycles. The monoisotopic (exact) mass is 250 g/mol. The summed E-state index contributed by atoms with van der Waals surface area (Å²) in [5.41, 5.74) is -1.07. The molecule has 0 aromatic carbocycles. The van der Waals surface area contributed by atoms with E-state index in [0.717, 1.165) is 10.6 Å². The van der Waals surface area contributed by atoms with Crippen molar-refractivity contribution in [1.82, 2.24) is 19.6 Å². The average Bonchev–Trinajstić information content (AvgIpc) is 2.59. The molecule has 0 unspecified atom stereocenters. The van der Waals surface area contributed by atoms with Crippen LogP contribution in [-0.4, -0.2) is 19.6 Å². The van der Waals surface area contributed by atoms with Gasteiger partial charge in [-0.3, -0.25) is 0 Å². The Morgan fingerprint density at radius 2 is 2.06 bits per heavy atom. The standard InChI is InChI=1S/C8H6ClF3N4/c1-2-6-14-7-13-4(8(10,11)12)3-5(9)16(7)15-6/h3H,2H2,1H3. The molecule has 0 radical (unpaired) electrons. The van der Waals surface area contributed by atoms with Gasteiger partial charge in [0.05, 0.1) is 0 Å². The van der Waals surface area contributed by atoms with Crippen molar-refractivity contribution in [3.63, 3.8) is 0 Å². The number of nitrogens with zero attached hydrogens (tertiary/aromatic N) is 4. The molecule has 86 valence electrons. The first kappa shape index (κ1) is 11.1. The van der Waals surface area contributed by atoms with Gasteiger partial charge in [0.2, 0.25) is 0 Å². The van der Waals surface area contributed by atoms with E-state index >= 15 is 0 Å². The lowest BCUT2D eigenvalue weighted by Crippen LogP contribution is -2.10. The van der Waals surface area contributed by atoms with Crippen LogP contribution in [0.25, 0.3) is 5.78 Å². The highest BCUT2D eigenvalue weighted by atomic mass is 35.5. The van der Waals surface area contributed by atoms with E-state index in [9.17, 15) is 13.2 Å². The molecule has 0 saturated heterocycles. The molecule has 8 heteroatoms. The normalized spacial score (nSPS) is 12.3. The molecule has 0 aliphatic heterocycles. The summed E-state index contributed by atoms with van der Waals surface area (Å²) in [6.07, 6.45) is -4.04. The molecular formula is C8H6ClF3N4. The van der Waals surface area contributed by atoms with Crippen molar-refractivity contribution >= 4 is 17.4 Å². The zero-order chi connectivity index (χ0) is 11.9. The maximum Gasteiger partial charge on any atom is 0.433 e. The summed E-state index contributed by atoms with van der Waals surface area (Å²) in [6, 6.07) is 0.725. The summed E-state index contributed by atoms with van der Waals surface area (Å²) in [7, 11) is 0. The number of rotatable bonds is 1. The van der Waals surface area contributed by atoms with Crippen LogP contribution >= 0.6 is 11.6 Å². The largest absolute Gasteiger partial charge is 0.433 e. The van der Waals surface area contributed by atoms with Crippen molar-refractivity contribution in [2.24, 2.45) is 0 Å². The van der Waals surface area contributed by atoms with Crippen LogP contribution in [0.5, 0.6) is 0 Å². The molecule has 0 fully saturated rings. The van der Waals surface area contributed by atoms with Crippen molar-refractivity contribution in [1.29, 1.82) is 0 Å². The third kappa shape index (κ3) is 1.82. The molecule has 0 bridgehead atoms. The van der Waals surface area contributed by atoms with Crippen LogP contribution < -0.4 is 0 Å². The lowest BCUT2D eigenvalue weighted by atomic mass is 10.4. The first-order valence-corrected chi connectivity index (χ1v) is 4.79. The van der Waals surface area contributed by atoms with Crippen LogP contribution in [0, 0.1) is 0 Å². The summed E-state index contributed by atoms with van der Waals surface area (Å²) in [5, 5.41) is 3.74. The van der Waals surface area contributed by atoms with Gasteiger partial charge in [-0.1, -0.05) is 18.5 Å². The molecule has 0 N–H and O–H groups in total. The third-order valence-electron chi connectivity index (χ3n) is 1.92. The van der Waals surface area contributed by atoms with Gasteiger partial charge in [-0.15, -0.1) is 5.10 Å². The van der Waals surface area contributed by atoms with E-state index in [2.05, 4.69) is 15.1 Å². The van der Waals surface area contributed by atoms with Gasteiger partial charge in [-0.25, -0.2) is 4.98 Å². The molecule has 0 amide bonds. The molecule has 0 spiro atoms. The topological polar surface area (TPSA) is 43.1 Å². The first-order valence-electron chi connectivity index (χ1n) is 4.41. The molecule has 2 aromatic heterocycles. The van der Waals surface area contributed by atoms with Gasteiger partial charge < -0.3 is 0 Å². The molecular weight excluding hydrogens is 245 g/mol. The number of hydrogen-bond acceptors (Lipinski definition) is 3. The van der Waals surface area contributed by atoms with E-state index in [-0.39, 0.29) is 10.9 Å². The Balaban J connectivity index is 2.67. The Morgan fingerprint density at radius 3 is 2.62 bits per heavy atom. The van der Waals surface area contributed by atoms with Crippen LogP contribution in [-0.2, 0) is 12.6 Å². The quantitative estimate of drug-likeness (QED) is 0.730. The number of fused-ring (bicyclic) bond motifs is 1. The maximum atomic E-state index is 12.4. The highest BCUT2D eigenvalue weighted by molar-refractivity contribution is 6.29. The Morgan fingerprint density at radius 1 is 1.38 bits per heavy atom. The fourth-order valence-corrected chi connectivity index (χ4v) is 1.39. The molecule has 0 aliphatic carbocycles. The van der Waals surface area contributed by atoms with Crippen molar-refractivity contribution in [2.45, 2.75) is 19.5 Å². The highest BCUT2D eigenvalue weighted by Gasteiger charge is 2.33. The van der Waals surface area contributed by atoms with Gasteiger partial charge >= 0.3 is 6.18 Å². The second-order valence-electron chi connectivity index (χ2n) is 3.06. The van der Waals surface area contributed by atoms with Crippen molar-refractivity contribution < 1.29 is 13.2 Å². The summed E-state index contributed by atoms with van der Waals surface area (Å²) in [4.78, 5) is 7.18. The number of aromatic nitrogens is 4. The van der Waals surface area contributed by atoms with Gasteiger partial charge in [-0.05, 0) is 0 Å². The number of hydrogen-bond donors (Lipinski definition) is 0. The SMILES string of the molecule is CCc1nc2nc(C(F)(F)F)cc(Cl)n2n1. The average molecular weight is 251 g/mol. The van der Waals surface area contributed by atoms with E-state index < -0.39 is 11.9 Å². The highest BCUT2D eigenvalue weighted by Crippen LogP contribution is 2.29. The van der Waals surface area contributed by atoms with Crippen LogP contribution in [0.3, 0.4) is 0 Å². The summed E-state index contributed by atoms with van der Waals surface area (Å²) in [5.74, 6) is 0.255. The summed E-state index contributed by atoms with van der Waals surface area (Å²) >= 11 is 5.66. The maximum absolute atomic E-state index is 12.4. The van der Waals surface area contributed by atoms with Gasteiger partial charge in [0.15, 0.2) is 11.5 Å². The zero-order valence-electron chi connectivity index (χ0n) is 8.09. The Labute approximate surface area is 93.1 Å². The van der Waals surface area contributed by atoms with E-state index in [1.165, 1.54) is 0 Å². The minimum absolute atomic E-state index is 0.142.